The van der Waals surface area contributed by atoms with Crippen LogP contribution in [0.25, 0.3) is 0 Å². The van der Waals surface area contributed by atoms with Gasteiger partial charge in [-0.05, 0) is 12.1 Å². The molecule has 0 N–H and O–H groups in total. The predicted molar refractivity (Wildman–Crippen MR) is 79.3 cm³/mol. The molecular formula is C16H19NO5. The molecule has 2 aliphatic rings. The second-order valence-electron chi connectivity index (χ2n) is 5.67. The number of fused-ring (bicyclic) bond motifs is 1. The third-order valence-electron chi connectivity index (χ3n) is 4.29. The van der Waals surface area contributed by atoms with Crippen LogP contribution >= 0.6 is 0 Å². The number of esters is 1. The summed E-state index contributed by atoms with van der Waals surface area (Å²) in [6, 6.07) is 5.62. The fourth-order valence-electron chi connectivity index (χ4n) is 3.21. The second-order valence-corrected chi connectivity index (χ2v) is 5.67. The Morgan fingerprint density at radius 2 is 2.09 bits per heavy atom. The highest BCUT2D eigenvalue weighted by molar-refractivity contribution is 6.04. The van der Waals surface area contributed by atoms with Crippen molar-refractivity contribution in [2.75, 3.05) is 21.3 Å². The zero-order valence-corrected chi connectivity index (χ0v) is 12.9. The van der Waals surface area contributed by atoms with Crippen molar-refractivity contribution in [3.63, 3.8) is 0 Å². The minimum atomic E-state index is -0.407. The van der Waals surface area contributed by atoms with E-state index < -0.39 is 5.60 Å². The average Bonchev–Trinajstić information content (AvgIpc) is 2.51. The zero-order valence-electron chi connectivity index (χ0n) is 12.9. The summed E-state index contributed by atoms with van der Waals surface area (Å²) >= 11 is 0. The lowest BCUT2D eigenvalue weighted by atomic mass is 9.66. The molecule has 0 aromatic heterocycles. The van der Waals surface area contributed by atoms with E-state index in [-0.39, 0.29) is 11.9 Å². The molecule has 0 amide bonds. The zero-order chi connectivity index (χ0) is 15.7. The number of methoxy groups -OCH3 is 2. The molecule has 0 unspecified atom stereocenters. The minimum absolute atomic E-state index is 0.110. The lowest BCUT2D eigenvalue weighted by Gasteiger charge is -2.48. The summed E-state index contributed by atoms with van der Waals surface area (Å²) in [6.45, 7) is 0. The number of ether oxygens (including phenoxy) is 3. The Kier molecular flexibility index (Phi) is 3.68. The lowest BCUT2D eigenvalue weighted by molar-refractivity contribution is -0.158. The van der Waals surface area contributed by atoms with Gasteiger partial charge in [0.25, 0.3) is 0 Å². The largest absolute Gasteiger partial charge is 0.497 e. The smallest absolute Gasteiger partial charge is 0.308 e. The van der Waals surface area contributed by atoms with Gasteiger partial charge in [-0.2, -0.15) is 0 Å². The van der Waals surface area contributed by atoms with E-state index in [0.29, 0.717) is 25.0 Å². The molecule has 118 valence electrons. The molecule has 6 heteroatoms. The summed E-state index contributed by atoms with van der Waals surface area (Å²) < 4.78 is 16.2. The van der Waals surface area contributed by atoms with Crippen LogP contribution in [-0.2, 0) is 14.4 Å². The van der Waals surface area contributed by atoms with Gasteiger partial charge in [0.15, 0.2) is 0 Å². The molecule has 0 radical (unpaired) electrons. The molecule has 6 nitrogen and oxygen atoms in total. The monoisotopic (exact) mass is 305 g/mol. The molecule has 1 aromatic carbocycles. The fourth-order valence-corrected chi connectivity index (χ4v) is 3.21. The van der Waals surface area contributed by atoms with Gasteiger partial charge in [-0.3, -0.25) is 4.79 Å². The van der Waals surface area contributed by atoms with E-state index in [9.17, 15) is 4.79 Å². The van der Waals surface area contributed by atoms with Gasteiger partial charge in [-0.15, -0.1) is 0 Å². The van der Waals surface area contributed by atoms with Crippen molar-refractivity contribution in [2.45, 2.75) is 24.9 Å². The van der Waals surface area contributed by atoms with E-state index in [4.69, 9.17) is 19.0 Å². The topological polar surface area (TPSA) is 66.4 Å². The summed E-state index contributed by atoms with van der Waals surface area (Å²) in [4.78, 5) is 16.6. The first-order chi connectivity index (χ1) is 10.6. The number of nitrogens with zero attached hydrogens (tertiary/aromatic N) is 1. The van der Waals surface area contributed by atoms with Crippen LogP contribution in [0, 0.1) is 5.92 Å². The van der Waals surface area contributed by atoms with E-state index >= 15 is 0 Å². The third-order valence-corrected chi connectivity index (χ3v) is 4.29. The van der Waals surface area contributed by atoms with Gasteiger partial charge in [-0.1, -0.05) is 5.16 Å². The first-order valence-electron chi connectivity index (χ1n) is 7.16. The number of carbonyl (C=O) groups is 1. The van der Waals surface area contributed by atoms with Crippen LogP contribution in [0.2, 0.25) is 0 Å². The maximum atomic E-state index is 11.6. The molecule has 0 bridgehead atoms. The Balaban J connectivity index is 1.89. The summed E-state index contributed by atoms with van der Waals surface area (Å²) in [6.07, 6.45) is 1.87. The lowest BCUT2D eigenvalue weighted by Crippen LogP contribution is -2.54. The summed E-state index contributed by atoms with van der Waals surface area (Å²) in [5, 5.41) is 4.13. The summed E-state index contributed by atoms with van der Waals surface area (Å²) in [5.41, 5.74) is 1.32. The van der Waals surface area contributed by atoms with Gasteiger partial charge in [0.1, 0.15) is 24.2 Å². The first kappa shape index (κ1) is 14.7. The van der Waals surface area contributed by atoms with Crippen molar-refractivity contribution in [1.29, 1.82) is 0 Å². The third kappa shape index (κ3) is 2.38. The Labute approximate surface area is 129 Å². The van der Waals surface area contributed by atoms with Crippen LogP contribution < -0.4 is 9.47 Å². The molecule has 1 spiro atoms. The SMILES string of the molecule is CON=C1CC2(CC(C(=O)OC)C2)Oc2cc(OC)ccc21. The quantitative estimate of drug-likeness (QED) is 0.632. The van der Waals surface area contributed by atoms with Gasteiger partial charge >= 0.3 is 5.97 Å². The van der Waals surface area contributed by atoms with Crippen molar-refractivity contribution in [2.24, 2.45) is 11.1 Å². The molecule has 1 aromatic rings. The number of hydrogen-bond donors (Lipinski definition) is 0. The normalized spacial score (nSPS) is 27.6. The van der Waals surface area contributed by atoms with Crippen LogP contribution in [-0.4, -0.2) is 38.6 Å². The molecule has 22 heavy (non-hydrogen) atoms. The average molecular weight is 305 g/mol. The van der Waals surface area contributed by atoms with Crippen molar-refractivity contribution >= 4 is 11.7 Å². The van der Waals surface area contributed by atoms with Crippen molar-refractivity contribution < 1.29 is 23.8 Å². The molecular weight excluding hydrogens is 286 g/mol. The van der Waals surface area contributed by atoms with Gasteiger partial charge < -0.3 is 19.0 Å². The molecule has 1 aliphatic carbocycles. The van der Waals surface area contributed by atoms with E-state index in [2.05, 4.69) is 5.16 Å². The summed E-state index contributed by atoms with van der Waals surface area (Å²) in [5.74, 6) is 1.14. The number of oxime groups is 1. The Morgan fingerprint density at radius 3 is 2.73 bits per heavy atom. The number of carbonyl (C=O) groups excluding carboxylic acids is 1. The number of hydrogen-bond acceptors (Lipinski definition) is 6. The second kappa shape index (κ2) is 5.51. The van der Waals surface area contributed by atoms with Gasteiger partial charge in [-0.25, -0.2) is 0 Å². The Morgan fingerprint density at radius 1 is 1.32 bits per heavy atom. The maximum Gasteiger partial charge on any atom is 0.308 e. The van der Waals surface area contributed by atoms with Crippen molar-refractivity contribution in [1.82, 2.24) is 0 Å². The van der Waals surface area contributed by atoms with E-state index in [0.717, 1.165) is 17.0 Å². The summed E-state index contributed by atoms with van der Waals surface area (Å²) in [7, 11) is 4.55. The number of benzene rings is 1. The van der Waals surface area contributed by atoms with Crippen molar-refractivity contribution in [3.05, 3.63) is 23.8 Å². The number of rotatable bonds is 3. The van der Waals surface area contributed by atoms with E-state index in [1.54, 1.807) is 7.11 Å². The van der Waals surface area contributed by atoms with Crippen molar-refractivity contribution in [3.8, 4) is 11.5 Å². The maximum absolute atomic E-state index is 11.6. The fraction of sp³-hybridized carbons (Fsp3) is 0.500. The molecule has 0 atom stereocenters. The molecule has 1 fully saturated rings. The van der Waals surface area contributed by atoms with Gasteiger partial charge in [0.05, 0.1) is 25.8 Å². The highest BCUT2D eigenvalue weighted by Crippen LogP contribution is 2.49. The Hall–Kier alpha value is -2.24. The van der Waals surface area contributed by atoms with Crippen LogP contribution in [0.1, 0.15) is 24.8 Å². The molecule has 1 saturated carbocycles. The Bertz CT molecular complexity index is 619. The molecule has 0 saturated heterocycles. The predicted octanol–water partition coefficient (Wildman–Crippen LogP) is 2.15. The van der Waals surface area contributed by atoms with Crippen LogP contribution in [0.3, 0.4) is 0 Å². The first-order valence-corrected chi connectivity index (χ1v) is 7.16. The van der Waals surface area contributed by atoms with E-state index in [1.807, 2.05) is 18.2 Å². The molecule has 1 aliphatic heterocycles. The minimum Gasteiger partial charge on any atom is -0.497 e. The molecule has 1 heterocycles. The standard InChI is InChI=1S/C16H19NO5/c1-19-11-4-5-12-13(17-21-3)9-16(22-14(12)6-11)7-10(8-16)15(18)20-2/h4-6,10H,7-9H2,1-3H3. The van der Waals surface area contributed by atoms with Gasteiger partial charge in [0, 0.05) is 30.9 Å². The highest BCUT2D eigenvalue weighted by atomic mass is 16.6. The highest BCUT2D eigenvalue weighted by Gasteiger charge is 2.53. The van der Waals surface area contributed by atoms with Gasteiger partial charge in [0.2, 0.25) is 0 Å². The van der Waals surface area contributed by atoms with E-state index in [1.165, 1.54) is 14.2 Å². The van der Waals surface area contributed by atoms with Crippen LogP contribution in [0.5, 0.6) is 11.5 Å². The van der Waals surface area contributed by atoms with Crippen LogP contribution in [0.15, 0.2) is 23.4 Å². The molecule has 3 rings (SSSR count). The van der Waals surface area contributed by atoms with Crippen LogP contribution in [0.4, 0.5) is 0 Å².